The minimum atomic E-state index is -0.387. The lowest BCUT2D eigenvalue weighted by atomic mass is 10.0. The van der Waals surface area contributed by atoms with Crippen LogP contribution in [-0.4, -0.2) is 27.2 Å². The van der Waals surface area contributed by atoms with E-state index in [2.05, 4.69) is 35.6 Å². The van der Waals surface area contributed by atoms with Crippen molar-refractivity contribution in [2.75, 3.05) is 11.9 Å². The Labute approximate surface area is 147 Å². The molecule has 0 aliphatic carbocycles. The van der Waals surface area contributed by atoms with Crippen LogP contribution in [0.15, 0.2) is 30.9 Å². The second kappa shape index (κ2) is 7.01. The zero-order chi connectivity index (χ0) is 18.0. The number of aromatic hydroxyl groups is 1. The summed E-state index contributed by atoms with van der Waals surface area (Å²) in [6, 6.07) is 4.78. The van der Waals surface area contributed by atoms with Gasteiger partial charge in [0.15, 0.2) is 0 Å². The minimum Gasteiger partial charge on any atom is -0.506 e. The molecule has 0 fully saturated rings. The molecule has 0 saturated carbocycles. The molecule has 1 aliphatic rings. The highest BCUT2D eigenvalue weighted by Gasteiger charge is 2.22. The molecule has 0 spiro atoms. The first-order valence-corrected chi connectivity index (χ1v) is 8.54. The van der Waals surface area contributed by atoms with Gasteiger partial charge >= 0.3 is 6.03 Å². The minimum absolute atomic E-state index is 0.0211. The predicted molar refractivity (Wildman–Crippen MR) is 98.8 cm³/mol. The van der Waals surface area contributed by atoms with E-state index in [0.29, 0.717) is 18.2 Å². The van der Waals surface area contributed by atoms with Gasteiger partial charge < -0.3 is 20.3 Å². The smallest absolute Gasteiger partial charge is 0.319 e. The number of imidazole rings is 1. The number of urea groups is 1. The number of fused-ring (bicyclic) bond motifs is 1. The summed E-state index contributed by atoms with van der Waals surface area (Å²) in [5, 5.41) is 15.3. The maximum Gasteiger partial charge on any atom is 0.319 e. The molecule has 0 saturated heterocycles. The van der Waals surface area contributed by atoms with E-state index >= 15 is 0 Å². The third-order valence-corrected chi connectivity index (χ3v) is 4.60. The third kappa shape index (κ3) is 3.52. The van der Waals surface area contributed by atoms with Gasteiger partial charge in [-0.2, -0.15) is 0 Å². The number of hydrogen-bond acceptors (Lipinski definition) is 3. The van der Waals surface area contributed by atoms with E-state index in [1.807, 2.05) is 6.07 Å². The summed E-state index contributed by atoms with van der Waals surface area (Å²) >= 11 is 0. The first-order chi connectivity index (χ1) is 12.0. The van der Waals surface area contributed by atoms with Crippen molar-refractivity contribution in [3.05, 3.63) is 42.4 Å². The number of nitrogens with zero attached hydrogens (tertiary/aromatic N) is 2. The second-order valence-corrected chi connectivity index (χ2v) is 6.57. The zero-order valence-electron chi connectivity index (χ0n) is 14.7. The van der Waals surface area contributed by atoms with Gasteiger partial charge in [0.25, 0.3) is 0 Å². The number of carbonyl (C=O) groups excluding carboxylic acids is 1. The number of nitrogens with one attached hydrogen (secondary N) is 2. The average molecular weight is 340 g/mol. The summed E-state index contributed by atoms with van der Waals surface area (Å²) < 4.78 is 2.27. The SMILES string of the molecule is C=CCNC(=O)Nc1cc(-c2nc3n(c2C)CCC(C)C3)ccc1O. The Morgan fingerprint density at radius 2 is 2.32 bits per heavy atom. The van der Waals surface area contributed by atoms with E-state index in [1.54, 1.807) is 18.2 Å². The van der Waals surface area contributed by atoms with Crippen LogP contribution in [0.4, 0.5) is 10.5 Å². The molecule has 6 nitrogen and oxygen atoms in total. The van der Waals surface area contributed by atoms with Crippen molar-refractivity contribution in [3.63, 3.8) is 0 Å². The largest absolute Gasteiger partial charge is 0.506 e. The molecule has 1 atom stereocenters. The molecule has 1 aromatic carbocycles. The number of anilines is 1. The Bertz CT molecular complexity index is 810. The van der Waals surface area contributed by atoms with E-state index < -0.39 is 0 Å². The van der Waals surface area contributed by atoms with Crippen LogP contribution in [0, 0.1) is 12.8 Å². The normalized spacial score (nSPS) is 16.2. The van der Waals surface area contributed by atoms with Crippen molar-refractivity contribution in [3.8, 4) is 17.0 Å². The highest BCUT2D eigenvalue weighted by Crippen LogP contribution is 2.33. The third-order valence-electron chi connectivity index (χ3n) is 4.60. The molecule has 2 heterocycles. The predicted octanol–water partition coefficient (Wildman–Crippen LogP) is 3.45. The van der Waals surface area contributed by atoms with Crippen LogP contribution in [0.25, 0.3) is 11.3 Å². The molecule has 0 radical (unpaired) electrons. The van der Waals surface area contributed by atoms with Crippen molar-refractivity contribution in [1.29, 1.82) is 0 Å². The van der Waals surface area contributed by atoms with Crippen LogP contribution in [0.3, 0.4) is 0 Å². The number of phenols is 1. The summed E-state index contributed by atoms with van der Waals surface area (Å²) in [6.07, 6.45) is 3.74. The Balaban J connectivity index is 1.90. The lowest BCUT2D eigenvalue weighted by molar-refractivity contribution is 0.253. The highest BCUT2D eigenvalue weighted by atomic mass is 16.3. The topological polar surface area (TPSA) is 79.2 Å². The van der Waals surface area contributed by atoms with Gasteiger partial charge in [-0.05, 0) is 37.5 Å². The second-order valence-electron chi connectivity index (χ2n) is 6.57. The van der Waals surface area contributed by atoms with Gasteiger partial charge in [-0.1, -0.05) is 13.0 Å². The summed E-state index contributed by atoms with van der Waals surface area (Å²) in [5.41, 5.74) is 3.26. The van der Waals surface area contributed by atoms with E-state index in [4.69, 9.17) is 4.98 Å². The zero-order valence-corrected chi connectivity index (χ0v) is 14.7. The van der Waals surface area contributed by atoms with Gasteiger partial charge in [0.1, 0.15) is 11.6 Å². The van der Waals surface area contributed by atoms with Crippen LogP contribution in [0.2, 0.25) is 0 Å². The van der Waals surface area contributed by atoms with Crippen LogP contribution in [-0.2, 0) is 13.0 Å². The number of carbonyl (C=O) groups is 1. The van der Waals surface area contributed by atoms with Crippen LogP contribution in [0.1, 0.15) is 24.9 Å². The summed E-state index contributed by atoms with van der Waals surface area (Å²) in [6.45, 7) is 9.22. The van der Waals surface area contributed by atoms with Crippen molar-refractivity contribution in [1.82, 2.24) is 14.9 Å². The standard InChI is InChI=1S/C19H24N4O2/c1-4-8-20-19(25)21-15-11-14(5-6-16(15)24)18-13(3)23-9-7-12(2)10-17(23)22-18/h4-6,11-12,24H,1,7-10H2,2-3H3,(H2,20,21,25). The van der Waals surface area contributed by atoms with Crippen LogP contribution in [0.5, 0.6) is 5.75 Å². The fraction of sp³-hybridized carbons (Fsp3) is 0.368. The Hall–Kier alpha value is -2.76. The van der Waals surface area contributed by atoms with Gasteiger partial charge in [0.2, 0.25) is 0 Å². The number of aromatic nitrogens is 2. The molecule has 1 aliphatic heterocycles. The summed E-state index contributed by atoms with van der Waals surface area (Å²) in [7, 11) is 0. The number of rotatable bonds is 4. The fourth-order valence-corrected chi connectivity index (χ4v) is 3.20. The van der Waals surface area contributed by atoms with Gasteiger partial charge in [-0.3, -0.25) is 0 Å². The van der Waals surface area contributed by atoms with E-state index in [9.17, 15) is 9.90 Å². The highest BCUT2D eigenvalue weighted by molar-refractivity contribution is 5.92. The molecule has 0 bridgehead atoms. The molecule has 3 rings (SSSR count). The van der Waals surface area contributed by atoms with Gasteiger partial charge in [-0.25, -0.2) is 9.78 Å². The molecule has 1 aromatic heterocycles. The van der Waals surface area contributed by atoms with Gasteiger partial charge in [-0.15, -0.1) is 6.58 Å². The van der Waals surface area contributed by atoms with Gasteiger partial charge in [0, 0.05) is 30.8 Å². The maximum absolute atomic E-state index is 11.8. The number of amides is 2. The van der Waals surface area contributed by atoms with Crippen LogP contribution < -0.4 is 10.6 Å². The molecule has 25 heavy (non-hydrogen) atoms. The van der Waals surface area contributed by atoms with Crippen LogP contribution >= 0.6 is 0 Å². The lowest BCUT2D eigenvalue weighted by Gasteiger charge is -2.20. The number of phenolic OH excluding ortho intramolecular Hbond substituents is 1. The van der Waals surface area contributed by atoms with Crippen molar-refractivity contribution >= 4 is 11.7 Å². The lowest BCUT2D eigenvalue weighted by Crippen LogP contribution is -2.28. The number of benzene rings is 1. The fourth-order valence-electron chi connectivity index (χ4n) is 3.20. The Morgan fingerprint density at radius 1 is 1.52 bits per heavy atom. The molecular formula is C19H24N4O2. The quantitative estimate of drug-likeness (QED) is 0.589. The maximum atomic E-state index is 11.8. The molecule has 132 valence electrons. The number of hydrogen-bond donors (Lipinski definition) is 3. The van der Waals surface area contributed by atoms with E-state index in [1.165, 1.54) is 0 Å². The van der Waals surface area contributed by atoms with E-state index in [-0.39, 0.29) is 11.8 Å². The first-order valence-electron chi connectivity index (χ1n) is 8.54. The molecule has 2 amide bonds. The van der Waals surface area contributed by atoms with E-state index in [0.717, 1.165) is 42.2 Å². The molecule has 6 heteroatoms. The van der Waals surface area contributed by atoms with Gasteiger partial charge in [0.05, 0.1) is 11.4 Å². The van der Waals surface area contributed by atoms with Crippen molar-refractivity contribution in [2.24, 2.45) is 5.92 Å². The Morgan fingerprint density at radius 3 is 3.08 bits per heavy atom. The molecule has 3 N–H and O–H groups in total. The first kappa shape index (κ1) is 17.1. The molecule has 2 aromatic rings. The summed E-state index contributed by atoms with van der Waals surface area (Å²) in [5.74, 6) is 1.78. The summed E-state index contributed by atoms with van der Waals surface area (Å²) in [4.78, 5) is 16.6. The van der Waals surface area contributed by atoms with Crippen molar-refractivity contribution < 1.29 is 9.90 Å². The Kier molecular flexibility index (Phi) is 4.79. The average Bonchev–Trinajstić information content (AvgIpc) is 2.91. The van der Waals surface area contributed by atoms with Crippen molar-refractivity contribution in [2.45, 2.75) is 33.2 Å². The monoisotopic (exact) mass is 340 g/mol. The molecule has 1 unspecified atom stereocenters. The molecular weight excluding hydrogens is 316 g/mol.